The maximum absolute atomic E-state index is 5.59. The summed E-state index contributed by atoms with van der Waals surface area (Å²) in [6, 6.07) is 7.59. The van der Waals surface area contributed by atoms with E-state index in [9.17, 15) is 0 Å². The molecule has 4 rings (SSSR count). The van der Waals surface area contributed by atoms with Gasteiger partial charge < -0.3 is 15.0 Å². The van der Waals surface area contributed by atoms with E-state index in [1.807, 2.05) is 0 Å². The molecule has 0 spiro atoms. The summed E-state index contributed by atoms with van der Waals surface area (Å²) in [4.78, 5) is 2.66. The molecule has 3 aliphatic rings. The SMILES string of the molecule is c1cc2c(cc1CCN1CCC(C3CCCN3)CC1)CCO2. The molecule has 3 heterocycles. The van der Waals surface area contributed by atoms with Gasteiger partial charge in [0.25, 0.3) is 0 Å². The Kier molecular flexibility index (Phi) is 4.35. The number of ether oxygens (including phenoxy) is 1. The summed E-state index contributed by atoms with van der Waals surface area (Å²) >= 11 is 0. The Balaban J connectivity index is 1.25. The highest BCUT2D eigenvalue weighted by atomic mass is 16.5. The van der Waals surface area contributed by atoms with Crippen molar-refractivity contribution in [1.29, 1.82) is 0 Å². The molecule has 1 unspecified atom stereocenters. The fraction of sp³-hybridized carbons (Fsp3) is 0.684. The maximum atomic E-state index is 5.59. The number of piperidine rings is 1. The number of nitrogens with zero attached hydrogens (tertiary/aromatic N) is 1. The van der Waals surface area contributed by atoms with Crippen molar-refractivity contribution in [2.75, 3.05) is 32.8 Å². The van der Waals surface area contributed by atoms with Gasteiger partial charge >= 0.3 is 0 Å². The first kappa shape index (κ1) is 14.5. The first-order chi connectivity index (χ1) is 10.9. The summed E-state index contributed by atoms with van der Waals surface area (Å²) in [5.41, 5.74) is 2.88. The summed E-state index contributed by atoms with van der Waals surface area (Å²) in [6.07, 6.45) is 7.82. The molecule has 0 bridgehead atoms. The minimum absolute atomic E-state index is 0.818. The van der Waals surface area contributed by atoms with Crippen molar-refractivity contribution in [3.8, 4) is 5.75 Å². The number of likely N-dealkylation sites (tertiary alicyclic amines) is 1. The van der Waals surface area contributed by atoms with E-state index in [0.717, 1.165) is 30.7 Å². The van der Waals surface area contributed by atoms with Crippen LogP contribution >= 0.6 is 0 Å². The molecule has 2 fully saturated rings. The number of nitrogens with one attached hydrogen (secondary N) is 1. The van der Waals surface area contributed by atoms with E-state index < -0.39 is 0 Å². The van der Waals surface area contributed by atoms with Crippen LogP contribution in [0.3, 0.4) is 0 Å². The molecule has 1 atom stereocenters. The Bertz CT molecular complexity index is 502. The molecular weight excluding hydrogens is 272 g/mol. The van der Waals surface area contributed by atoms with Crippen molar-refractivity contribution in [2.45, 2.75) is 44.6 Å². The monoisotopic (exact) mass is 300 g/mol. The molecular formula is C19H28N2O. The summed E-state index contributed by atoms with van der Waals surface area (Å²) in [6.45, 7) is 5.90. The van der Waals surface area contributed by atoms with Gasteiger partial charge in [-0.3, -0.25) is 0 Å². The van der Waals surface area contributed by atoms with Crippen LogP contribution in [0.15, 0.2) is 18.2 Å². The Morgan fingerprint density at radius 1 is 1.18 bits per heavy atom. The average Bonchev–Trinajstić information content (AvgIpc) is 3.24. The Hall–Kier alpha value is -1.06. The maximum Gasteiger partial charge on any atom is 0.122 e. The molecule has 0 saturated carbocycles. The predicted octanol–water partition coefficient (Wildman–Crippen LogP) is 2.63. The lowest BCUT2D eigenvalue weighted by Gasteiger charge is -2.34. The van der Waals surface area contributed by atoms with Gasteiger partial charge in [-0.25, -0.2) is 0 Å². The first-order valence-corrected chi connectivity index (χ1v) is 9.09. The normalized spacial score (nSPS) is 26.1. The average molecular weight is 300 g/mol. The standard InChI is InChI=1S/C19H28N2O/c1-2-18(20-9-1)16-6-11-21(12-7-16)10-5-15-3-4-19-17(14-15)8-13-22-19/h3-4,14,16,18,20H,1-2,5-13H2. The van der Waals surface area contributed by atoms with Crippen LogP contribution in [-0.2, 0) is 12.8 Å². The Morgan fingerprint density at radius 3 is 2.91 bits per heavy atom. The number of benzene rings is 1. The third-order valence-corrected chi connectivity index (χ3v) is 5.77. The van der Waals surface area contributed by atoms with Crippen molar-refractivity contribution in [3.63, 3.8) is 0 Å². The summed E-state index contributed by atoms with van der Waals surface area (Å²) in [5, 5.41) is 3.69. The van der Waals surface area contributed by atoms with E-state index in [1.54, 1.807) is 0 Å². The van der Waals surface area contributed by atoms with Gasteiger partial charge in [0.1, 0.15) is 5.75 Å². The molecule has 1 aromatic rings. The quantitative estimate of drug-likeness (QED) is 0.925. The lowest BCUT2D eigenvalue weighted by atomic mass is 9.88. The van der Waals surface area contributed by atoms with Gasteiger partial charge in [0.15, 0.2) is 0 Å². The molecule has 2 saturated heterocycles. The van der Waals surface area contributed by atoms with Crippen LogP contribution < -0.4 is 10.1 Å². The predicted molar refractivity (Wildman–Crippen MR) is 89.5 cm³/mol. The summed E-state index contributed by atoms with van der Waals surface area (Å²) in [5.74, 6) is 2.03. The van der Waals surface area contributed by atoms with Crippen LogP contribution in [0, 0.1) is 5.92 Å². The molecule has 3 aliphatic heterocycles. The smallest absolute Gasteiger partial charge is 0.122 e. The molecule has 3 heteroatoms. The van der Waals surface area contributed by atoms with E-state index in [1.165, 1.54) is 69.4 Å². The zero-order valence-electron chi connectivity index (χ0n) is 13.5. The molecule has 3 nitrogen and oxygen atoms in total. The van der Waals surface area contributed by atoms with Crippen LogP contribution in [0.2, 0.25) is 0 Å². The van der Waals surface area contributed by atoms with Crippen molar-refractivity contribution in [1.82, 2.24) is 10.2 Å². The van der Waals surface area contributed by atoms with Gasteiger partial charge in [-0.05, 0) is 74.8 Å². The second-order valence-corrected chi connectivity index (χ2v) is 7.17. The van der Waals surface area contributed by atoms with Crippen LogP contribution in [0.4, 0.5) is 0 Å². The minimum Gasteiger partial charge on any atom is -0.493 e. The highest BCUT2D eigenvalue weighted by Crippen LogP contribution is 2.27. The van der Waals surface area contributed by atoms with E-state index in [2.05, 4.69) is 28.4 Å². The van der Waals surface area contributed by atoms with Gasteiger partial charge in [-0.15, -0.1) is 0 Å². The van der Waals surface area contributed by atoms with Gasteiger partial charge in [0.05, 0.1) is 6.61 Å². The highest BCUT2D eigenvalue weighted by Gasteiger charge is 2.28. The molecule has 1 aromatic carbocycles. The van der Waals surface area contributed by atoms with Crippen LogP contribution in [0.1, 0.15) is 36.8 Å². The molecule has 0 aromatic heterocycles. The topological polar surface area (TPSA) is 24.5 Å². The van der Waals surface area contributed by atoms with E-state index in [0.29, 0.717) is 0 Å². The van der Waals surface area contributed by atoms with Crippen LogP contribution in [0.5, 0.6) is 5.75 Å². The van der Waals surface area contributed by atoms with Crippen molar-refractivity contribution < 1.29 is 4.74 Å². The van der Waals surface area contributed by atoms with Crippen molar-refractivity contribution in [2.24, 2.45) is 5.92 Å². The van der Waals surface area contributed by atoms with E-state index in [4.69, 9.17) is 4.74 Å². The highest BCUT2D eigenvalue weighted by molar-refractivity contribution is 5.39. The number of fused-ring (bicyclic) bond motifs is 1. The number of rotatable bonds is 4. The molecule has 1 N–H and O–H groups in total. The zero-order valence-corrected chi connectivity index (χ0v) is 13.5. The lowest BCUT2D eigenvalue weighted by molar-refractivity contribution is 0.165. The van der Waals surface area contributed by atoms with Gasteiger partial charge in [-0.2, -0.15) is 0 Å². The van der Waals surface area contributed by atoms with E-state index >= 15 is 0 Å². The summed E-state index contributed by atoms with van der Waals surface area (Å²) in [7, 11) is 0. The van der Waals surface area contributed by atoms with Gasteiger partial charge in [-0.1, -0.05) is 12.1 Å². The Labute approximate surface area is 134 Å². The van der Waals surface area contributed by atoms with Crippen molar-refractivity contribution >= 4 is 0 Å². The number of hydrogen-bond acceptors (Lipinski definition) is 3. The van der Waals surface area contributed by atoms with Crippen molar-refractivity contribution in [3.05, 3.63) is 29.3 Å². The van der Waals surface area contributed by atoms with Crippen LogP contribution in [-0.4, -0.2) is 43.7 Å². The molecule has 0 amide bonds. The fourth-order valence-corrected chi connectivity index (χ4v) is 4.38. The molecule has 120 valence electrons. The molecule has 0 aliphatic carbocycles. The summed E-state index contributed by atoms with van der Waals surface area (Å²) < 4.78 is 5.59. The van der Waals surface area contributed by atoms with Gasteiger partial charge in [0.2, 0.25) is 0 Å². The third-order valence-electron chi connectivity index (χ3n) is 5.77. The second kappa shape index (κ2) is 6.59. The van der Waals surface area contributed by atoms with Gasteiger partial charge in [0, 0.05) is 19.0 Å². The largest absolute Gasteiger partial charge is 0.493 e. The minimum atomic E-state index is 0.818. The Morgan fingerprint density at radius 2 is 2.09 bits per heavy atom. The number of hydrogen-bond donors (Lipinski definition) is 1. The lowest BCUT2D eigenvalue weighted by Crippen LogP contribution is -2.41. The molecule has 0 radical (unpaired) electrons. The third kappa shape index (κ3) is 3.16. The van der Waals surface area contributed by atoms with E-state index in [-0.39, 0.29) is 0 Å². The van der Waals surface area contributed by atoms with Crippen LogP contribution in [0.25, 0.3) is 0 Å². The first-order valence-electron chi connectivity index (χ1n) is 9.09. The fourth-order valence-electron chi connectivity index (χ4n) is 4.38. The molecule has 22 heavy (non-hydrogen) atoms. The second-order valence-electron chi connectivity index (χ2n) is 7.17. The zero-order chi connectivity index (χ0) is 14.8.